The molecule has 0 atom stereocenters. The lowest BCUT2D eigenvalue weighted by molar-refractivity contribution is 0.184. The van der Waals surface area contributed by atoms with E-state index in [1.807, 2.05) is 0 Å². The summed E-state index contributed by atoms with van der Waals surface area (Å²) in [6.07, 6.45) is 1.15. The topological polar surface area (TPSA) is 19.4 Å². The van der Waals surface area contributed by atoms with Crippen molar-refractivity contribution < 1.29 is 0 Å². The van der Waals surface area contributed by atoms with Gasteiger partial charge in [-0.25, -0.2) is 4.98 Å². The molecule has 0 unspecified atom stereocenters. The first-order valence-electron chi connectivity index (χ1n) is 8.19. The SMILES string of the molecule is CCC(C)(C)C(C)(C)c1cccc(N2CCN(C)CC2)n1. The van der Waals surface area contributed by atoms with Gasteiger partial charge in [0.15, 0.2) is 0 Å². The van der Waals surface area contributed by atoms with Crippen LogP contribution in [0.5, 0.6) is 0 Å². The number of aromatic nitrogens is 1. The Morgan fingerprint density at radius 2 is 1.67 bits per heavy atom. The van der Waals surface area contributed by atoms with Crippen LogP contribution in [0.3, 0.4) is 0 Å². The van der Waals surface area contributed by atoms with E-state index >= 15 is 0 Å². The molecule has 1 fully saturated rings. The van der Waals surface area contributed by atoms with Gasteiger partial charge in [-0.15, -0.1) is 0 Å². The van der Waals surface area contributed by atoms with Crippen molar-refractivity contribution in [2.75, 3.05) is 38.1 Å². The third-order valence-corrected chi connectivity index (χ3v) is 5.78. The molecule has 2 heterocycles. The maximum Gasteiger partial charge on any atom is 0.128 e. The molecular weight excluding hydrogens is 258 g/mol. The van der Waals surface area contributed by atoms with Gasteiger partial charge in [-0.2, -0.15) is 0 Å². The molecule has 3 nitrogen and oxygen atoms in total. The molecule has 2 rings (SSSR count). The molecule has 0 amide bonds. The molecule has 0 N–H and O–H groups in total. The van der Waals surface area contributed by atoms with Gasteiger partial charge in [-0.1, -0.05) is 47.1 Å². The largest absolute Gasteiger partial charge is 0.354 e. The van der Waals surface area contributed by atoms with Gasteiger partial charge in [0.2, 0.25) is 0 Å². The van der Waals surface area contributed by atoms with Crippen LogP contribution in [0.1, 0.15) is 46.7 Å². The van der Waals surface area contributed by atoms with Crippen molar-refractivity contribution in [1.29, 1.82) is 0 Å². The first-order chi connectivity index (χ1) is 9.78. The van der Waals surface area contributed by atoms with Gasteiger partial charge in [0.1, 0.15) is 5.82 Å². The fourth-order valence-electron chi connectivity index (χ4n) is 2.77. The van der Waals surface area contributed by atoms with Crippen molar-refractivity contribution >= 4 is 5.82 Å². The van der Waals surface area contributed by atoms with E-state index in [1.54, 1.807) is 0 Å². The lowest BCUT2D eigenvalue weighted by atomic mass is 9.64. The lowest BCUT2D eigenvalue weighted by Gasteiger charge is -2.41. The maximum absolute atomic E-state index is 5.01. The van der Waals surface area contributed by atoms with Gasteiger partial charge in [0.05, 0.1) is 0 Å². The predicted molar refractivity (Wildman–Crippen MR) is 91.0 cm³/mol. The number of nitrogens with zero attached hydrogens (tertiary/aromatic N) is 3. The molecule has 1 aliphatic heterocycles. The highest BCUT2D eigenvalue weighted by molar-refractivity contribution is 5.41. The van der Waals surface area contributed by atoms with Crippen LogP contribution in [-0.2, 0) is 5.41 Å². The number of rotatable bonds is 4. The Balaban J connectivity index is 2.25. The zero-order valence-corrected chi connectivity index (χ0v) is 14.6. The molecule has 0 saturated carbocycles. The second-order valence-electron chi connectivity index (χ2n) is 7.53. The van der Waals surface area contributed by atoms with E-state index in [1.165, 1.54) is 5.69 Å². The summed E-state index contributed by atoms with van der Waals surface area (Å²) >= 11 is 0. The minimum absolute atomic E-state index is 0.0737. The van der Waals surface area contributed by atoms with Gasteiger partial charge in [-0.05, 0) is 24.6 Å². The fraction of sp³-hybridized carbons (Fsp3) is 0.722. The molecular formula is C18H31N3. The van der Waals surface area contributed by atoms with Crippen molar-refractivity contribution in [1.82, 2.24) is 9.88 Å². The average molecular weight is 289 g/mol. The average Bonchev–Trinajstić information content (AvgIpc) is 2.48. The first-order valence-corrected chi connectivity index (χ1v) is 8.19. The zero-order valence-electron chi connectivity index (χ0n) is 14.6. The molecule has 1 aromatic rings. The molecule has 1 aromatic heterocycles. The number of piperazine rings is 1. The van der Waals surface area contributed by atoms with Gasteiger partial charge < -0.3 is 9.80 Å². The van der Waals surface area contributed by atoms with Crippen LogP contribution < -0.4 is 4.90 Å². The molecule has 0 spiro atoms. The summed E-state index contributed by atoms with van der Waals surface area (Å²) in [6.45, 7) is 16.0. The van der Waals surface area contributed by atoms with Crippen molar-refractivity contribution in [2.45, 2.75) is 46.5 Å². The van der Waals surface area contributed by atoms with Crippen LogP contribution in [0, 0.1) is 5.41 Å². The number of likely N-dealkylation sites (N-methyl/N-ethyl adjacent to an activating group) is 1. The third-order valence-electron chi connectivity index (χ3n) is 5.78. The predicted octanol–water partition coefficient (Wildman–Crippen LogP) is 3.55. The summed E-state index contributed by atoms with van der Waals surface area (Å²) in [5.74, 6) is 1.14. The van der Waals surface area contributed by atoms with Crippen LogP contribution in [0.2, 0.25) is 0 Å². The highest BCUT2D eigenvalue weighted by atomic mass is 15.3. The van der Waals surface area contributed by atoms with Crippen molar-refractivity contribution in [3.8, 4) is 0 Å². The summed E-state index contributed by atoms with van der Waals surface area (Å²) < 4.78 is 0. The van der Waals surface area contributed by atoms with E-state index in [9.17, 15) is 0 Å². The normalized spacial score (nSPS) is 18.1. The fourth-order valence-corrected chi connectivity index (χ4v) is 2.77. The second-order valence-corrected chi connectivity index (χ2v) is 7.53. The highest BCUT2D eigenvalue weighted by Crippen LogP contribution is 2.43. The molecule has 0 aromatic carbocycles. The van der Waals surface area contributed by atoms with E-state index in [2.05, 4.69) is 69.7 Å². The lowest BCUT2D eigenvalue weighted by Crippen LogP contribution is -2.45. The van der Waals surface area contributed by atoms with Crippen LogP contribution >= 0.6 is 0 Å². The number of hydrogen-bond acceptors (Lipinski definition) is 3. The minimum atomic E-state index is 0.0737. The molecule has 0 radical (unpaired) electrons. The van der Waals surface area contributed by atoms with Gasteiger partial charge in [-0.3, -0.25) is 0 Å². The van der Waals surface area contributed by atoms with Gasteiger partial charge in [0.25, 0.3) is 0 Å². The second kappa shape index (κ2) is 5.96. The summed E-state index contributed by atoms with van der Waals surface area (Å²) in [6, 6.07) is 6.52. The molecule has 118 valence electrons. The quantitative estimate of drug-likeness (QED) is 0.845. The van der Waals surface area contributed by atoms with Crippen molar-refractivity contribution in [2.24, 2.45) is 5.41 Å². The van der Waals surface area contributed by atoms with Crippen LogP contribution in [-0.4, -0.2) is 43.1 Å². The molecule has 3 heteroatoms. The number of anilines is 1. The molecule has 21 heavy (non-hydrogen) atoms. The van der Waals surface area contributed by atoms with Crippen molar-refractivity contribution in [3.05, 3.63) is 23.9 Å². The van der Waals surface area contributed by atoms with E-state index in [0.29, 0.717) is 0 Å². The minimum Gasteiger partial charge on any atom is -0.354 e. The van der Waals surface area contributed by atoms with E-state index in [4.69, 9.17) is 4.98 Å². The highest BCUT2D eigenvalue weighted by Gasteiger charge is 2.38. The summed E-state index contributed by atoms with van der Waals surface area (Å²) in [5.41, 5.74) is 1.52. The monoisotopic (exact) mass is 289 g/mol. The maximum atomic E-state index is 5.01. The Kier molecular flexibility index (Phi) is 4.62. The summed E-state index contributed by atoms with van der Waals surface area (Å²) in [5, 5.41) is 0. The molecule has 0 aliphatic carbocycles. The summed E-state index contributed by atoms with van der Waals surface area (Å²) in [7, 11) is 2.19. The standard InChI is InChI=1S/C18H31N3/c1-7-17(2,3)18(4,5)15-9-8-10-16(19-15)21-13-11-20(6)12-14-21/h8-10H,7,11-14H2,1-6H3. The summed E-state index contributed by atoms with van der Waals surface area (Å²) in [4.78, 5) is 9.81. The zero-order chi connectivity index (χ0) is 15.7. The molecule has 0 bridgehead atoms. The first kappa shape index (κ1) is 16.3. The van der Waals surface area contributed by atoms with Gasteiger partial charge >= 0.3 is 0 Å². The Bertz CT molecular complexity index is 471. The van der Waals surface area contributed by atoms with E-state index < -0.39 is 0 Å². The number of pyridine rings is 1. The van der Waals surface area contributed by atoms with Crippen LogP contribution in [0.15, 0.2) is 18.2 Å². The Labute approximate surface area is 130 Å². The van der Waals surface area contributed by atoms with E-state index in [0.717, 1.165) is 38.4 Å². The van der Waals surface area contributed by atoms with Crippen molar-refractivity contribution in [3.63, 3.8) is 0 Å². The Hall–Kier alpha value is -1.09. The Morgan fingerprint density at radius 3 is 2.24 bits per heavy atom. The third kappa shape index (κ3) is 3.23. The van der Waals surface area contributed by atoms with Crippen LogP contribution in [0.25, 0.3) is 0 Å². The number of hydrogen-bond donors (Lipinski definition) is 0. The molecule has 1 saturated heterocycles. The van der Waals surface area contributed by atoms with Crippen LogP contribution in [0.4, 0.5) is 5.82 Å². The van der Waals surface area contributed by atoms with Gasteiger partial charge in [0, 0.05) is 37.3 Å². The van der Waals surface area contributed by atoms with E-state index in [-0.39, 0.29) is 10.8 Å². The molecule has 1 aliphatic rings. The Morgan fingerprint density at radius 1 is 1.05 bits per heavy atom. The smallest absolute Gasteiger partial charge is 0.128 e.